The highest BCUT2D eigenvalue weighted by atomic mass is 15.0. The van der Waals surface area contributed by atoms with Crippen LogP contribution in [-0.2, 0) is 0 Å². The zero-order valence-electron chi connectivity index (χ0n) is 15.5. The van der Waals surface area contributed by atoms with E-state index in [1.54, 1.807) is 0 Å². The summed E-state index contributed by atoms with van der Waals surface area (Å²) in [5.41, 5.74) is 4.37. The molecule has 1 unspecified atom stereocenters. The fraction of sp³-hybridized carbons (Fsp3) is 0.125. The van der Waals surface area contributed by atoms with Gasteiger partial charge in [0.25, 0.3) is 0 Å². The summed E-state index contributed by atoms with van der Waals surface area (Å²) in [6.07, 6.45) is 10.8. The van der Waals surface area contributed by atoms with E-state index < -0.39 is 0 Å². The van der Waals surface area contributed by atoms with Crippen molar-refractivity contribution in [3.63, 3.8) is 0 Å². The van der Waals surface area contributed by atoms with Crippen LogP contribution < -0.4 is 0 Å². The van der Waals surface area contributed by atoms with E-state index in [2.05, 4.69) is 71.5 Å². The molecule has 0 fully saturated rings. The van der Waals surface area contributed by atoms with Crippen molar-refractivity contribution < 1.29 is 0 Å². The van der Waals surface area contributed by atoms with Gasteiger partial charge in [-0.05, 0) is 30.0 Å². The first-order valence-electron chi connectivity index (χ1n) is 9.15. The van der Waals surface area contributed by atoms with Gasteiger partial charge in [0.1, 0.15) is 5.82 Å². The second-order valence-electron chi connectivity index (χ2n) is 6.70. The number of hydrogen-bond donors (Lipinski definition) is 0. The lowest BCUT2D eigenvalue weighted by atomic mass is 9.99. The smallest absolute Gasteiger partial charge is 0.163 e. The maximum absolute atomic E-state index is 4.72. The molecule has 3 heteroatoms. The van der Waals surface area contributed by atoms with Gasteiger partial charge in [0.15, 0.2) is 11.6 Å². The number of allylic oxidation sites excluding steroid dienone is 6. The summed E-state index contributed by atoms with van der Waals surface area (Å²) in [5.74, 6) is 2.53. The predicted octanol–water partition coefficient (Wildman–Crippen LogP) is 5.66. The van der Waals surface area contributed by atoms with Gasteiger partial charge < -0.3 is 0 Å². The molecule has 0 bridgehead atoms. The van der Waals surface area contributed by atoms with E-state index in [9.17, 15) is 0 Å². The Hall–Kier alpha value is -3.33. The molecule has 0 N–H and O–H groups in total. The van der Waals surface area contributed by atoms with Gasteiger partial charge in [0.2, 0.25) is 0 Å². The number of benzene rings is 2. The van der Waals surface area contributed by atoms with Crippen LogP contribution in [0, 0.1) is 12.8 Å². The molecule has 27 heavy (non-hydrogen) atoms. The largest absolute Gasteiger partial charge is 0.213 e. The molecule has 0 saturated carbocycles. The van der Waals surface area contributed by atoms with Gasteiger partial charge in [-0.3, -0.25) is 0 Å². The minimum atomic E-state index is 0.405. The molecule has 0 radical (unpaired) electrons. The standard InChI is InChI=1S/C24H21N3/c1-17-9-6-7-12-20(15-17)21-13-8-14-22(16-21)24-26-18(2)25-23(27-24)19-10-4-3-5-11-19/h3-17H,1-2H3. The van der Waals surface area contributed by atoms with Crippen LogP contribution in [0.4, 0.5) is 0 Å². The van der Waals surface area contributed by atoms with Crippen LogP contribution in [0.15, 0.2) is 85.0 Å². The third kappa shape index (κ3) is 3.93. The molecule has 1 aromatic heterocycles. The molecule has 0 amide bonds. The second kappa shape index (κ2) is 7.50. The number of hydrogen-bond acceptors (Lipinski definition) is 3. The van der Waals surface area contributed by atoms with Crippen LogP contribution in [0.1, 0.15) is 18.3 Å². The molecule has 0 saturated heterocycles. The Morgan fingerprint density at radius 3 is 2.26 bits per heavy atom. The topological polar surface area (TPSA) is 38.7 Å². The van der Waals surface area contributed by atoms with E-state index in [0.29, 0.717) is 17.6 Å². The molecule has 3 aromatic rings. The van der Waals surface area contributed by atoms with Crippen molar-refractivity contribution in [3.05, 3.63) is 96.4 Å². The summed E-state index contributed by atoms with van der Waals surface area (Å²) < 4.78 is 0. The third-order valence-corrected chi connectivity index (χ3v) is 4.48. The maximum atomic E-state index is 4.72. The van der Waals surface area contributed by atoms with E-state index in [1.807, 2.05) is 37.3 Å². The summed E-state index contributed by atoms with van der Waals surface area (Å²) in [6.45, 7) is 4.10. The number of rotatable bonds is 3. The molecule has 0 spiro atoms. The highest BCUT2D eigenvalue weighted by molar-refractivity contribution is 5.78. The Labute approximate surface area is 159 Å². The zero-order valence-corrected chi connectivity index (χ0v) is 15.5. The number of nitrogens with zero attached hydrogens (tertiary/aromatic N) is 3. The van der Waals surface area contributed by atoms with Crippen LogP contribution >= 0.6 is 0 Å². The Morgan fingerprint density at radius 2 is 1.44 bits per heavy atom. The minimum Gasteiger partial charge on any atom is -0.213 e. The van der Waals surface area contributed by atoms with Crippen molar-refractivity contribution in [2.24, 2.45) is 5.92 Å². The fourth-order valence-electron chi connectivity index (χ4n) is 3.15. The first-order valence-corrected chi connectivity index (χ1v) is 9.15. The Balaban J connectivity index is 1.76. The summed E-state index contributed by atoms with van der Waals surface area (Å²) in [5, 5.41) is 0. The SMILES string of the molecule is Cc1nc(-c2ccccc2)nc(-c2cccc(C3=CC(C)C=CC=C3)c2)n1. The van der Waals surface area contributed by atoms with E-state index in [-0.39, 0.29) is 0 Å². The molecule has 132 valence electrons. The van der Waals surface area contributed by atoms with Crippen molar-refractivity contribution in [1.29, 1.82) is 0 Å². The first kappa shape index (κ1) is 17.1. The Kier molecular flexibility index (Phi) is 4.75. The quantitative estimate of drug-likeness (QED) is 0.611. The minimum absolute atomic E-state index is 0.405. The molecule has 4 rings (SSSR count). The number of aromatic nitrogens is 3. The average molecular weight is 351 g/mol. The molecule has 0 aliphatic heterocycles. The molecule has 1 heterocycles. The van der Waals surface area contributed by atoms with E-state index in [1.165, 1.54) is 11.1 Å². The summed E-state index contributed by atoms with van der Waals surface area (Å²) in [6, 6.07) is 18.4. The normalized spacial score (nSPS) is 16.1. The molecule has 1 aliphatic carbocycles. The van der Waals surface area contributed by atoms with Gasteiger partial charge in [-0.2, -0.15) is 0 Å². The Bertz CT molecular complexity index is 1050. The molecule has 3 nitrogen and oxygen atoms in total. The van der Waals surface area contributed by atoms with Crippen molar-refractivity contribution in [1.82, 2.24) is 15.0 Å². The maximum Gasteiger partial charge on any atom is 0.163 e. The molecular weight excluding hydrogens is 330 g/mol. The van der Waals surface area contributed by atoms with Crippen molar-refractivity contribution in [3.8, 4) is 22.8 Å². The van der Waals surface area contributed by atoms with Crippen molar-refractivity contribution in [2.75, 3.05) is 0 Å². The first-order chi connectivity index (χ1) is 13.2. The van der Waals surface area contributed by atoms with Crippen LogP contribution in [-0.4, -0.2) is 15.0 Å². The zero-order chi connectivity index (χ0) is 18.6. The van der Waals surface area contributed by atoms with Gasteiger partial charge in [-0.1, -0.05) is 85.8 Å². The molecule has 1 aliphatic rings. The van der Waals surface area contributed by atoms with Gasteiger partial charge in [0, 0.05) is 11.1 Å². The van der Waals surface area contributed by atoms with E-state index >= 15 is 0 Å². The third-order valence-electron chi connectivity index (χ3n) is 4.48. The molecular formula is C24H21N3. The van der Waals surface area contributed by atoms with Gasteiger partial charge in [-0.25, -0.2) is 15.0 Å². The van der Waals surface area contributed by atoms with Gasteiger partial charge in [-0.15, -0.1) is 0 Å². The lowest BCUT2D eigenvalue weighted by molar-refractivity contribution is 0.945. The van der Waals surface area contributed by atoms with Crippen molar-refractivity contribution in [2.45, 2.75) is 13.8 Å². The lowest BCUT2D eigenvalue weighted by Crippen LogP contribution is -1.99. The van der Waals surface area contributed by atoms with Crippen LogP contribution in [0.2, 0.25) is 0 Å². The predicted molar refractivity (Wildman–Crippen MR) is 111 cm³/mol. The average Bonchev–Trinajstić information content (AvgIpc) is 2.93. The fourth-order valence-corrected chi connectivity index (χ4v) is 3.15. The Morgan fingerprint density at radius 1 is 0.741 bits per heavy atom. The van der Waals surface area contributed by atoms with Crippen LogP contribution in [0.25, 0.3) is 28.3 Å². The summed E-state index contributed by atoms with van der Waals surface area (Å²) >= 11 is 0. The molecule has 1 atom stereocenters. The van der Waals surface area contributed by atoms with E-state index in [0.717, 1.165) is 17.0 Å². The number of aryl methyl sites for hydroxylation is 1. The molecule has 2 aromatic carbocycles. The highest BCUT2D eigenvalue weighted by Gasteiger charge is 2.10. The van der Waals surface area contributed by atoms with Gasteiger partial charge >= 0.3 is 0 Å². The van der Waals surface area contributed by atoms with Gasteiger partial charge in [0.05, 0.1) is 0 Å². The van der Waals surface area contributed by atoms with E-state index in [4.69, 9.17) is 4.98 Å². The monoisotopic (exact) mass is 351 g/mol. The summed E-state index contributed by atoms with van der Waals surface area (Å²) in [4.78, 5) is 13.8. The highest BCUT2D eigenvalue weighted by Crippen LogP contribution is 2.26. The van der Waals surface area contributed by atoms with Crippen LogP contribution in [0.5, 0.6) is 0 Å². The second-order valence-corrected chi connectivity index (χ2v) is 6.70. The van der Waals surface area contributed by atoms with Crippen molar-refractivity contribution >= 4 is 5.57 Å². The lowest BCUT2D eigenvalue weighted by Gasteiger charge is -2.09. The summed E-state index contributed by atoms with van der Waals surface area (Å²) in [7, 11) is 0. The van der Waals surface area contributed by atoms with Crippen LogP contribution in [0.3, 0.4) is 0 Å².